The average Bonchev–Trinajstić information content (AvgIpc) is 2.91. The Bertz CT molecular complexity index is 584. The van der Waals surface area contributed by atoms with Crippen LogP contribution in [0.3, 0.4) is 0 Å². The zero-order valence-corrected chi connectivity index (χ0v) is 12.5. The van der Waals surface area contributed by atoms with E-state index in [1.165, 1.54) is 0 Å². The number of aryl methyl sites for hydroxylation is 1. The summed E-state index contributed by atoms with van der Waals surface area (Å²) < 4.78 is 0. The Morgan fingerprint density at radius 3 is 2.90 bits per heavy atom. The number of halogens is 2. The summed E-state index contributed by atoms with van der Waals surface area (Å²) in [6.45, 7) is 1.91. The zero-order valence-electron chi connectivity index (χ0n) is 11.0. The van der Waals surface area contributed by atoms with E-state index >= 15 is 0 Å². The van der Waals surface area contributed by atoms with Crippen molar-refractivity contribution in [2.45, 2.75) is 25.8 Å². The van der Waals surface area contributed by atoms with Gasteiger partial charge in [-0.2, -0.15) is 5.10 Å². The van der Waals surface area contributed by atoms with Gasteiger partial charge in [0.1, 0.15) is 0 Å². The van der Waals surface area contributed by atoms with Crippen LogP contribution in [0.15, 0.2) is 30.6 Å². The fraction of sp³-hybridized carbons (Fsp3) is 0.286. The second kappa shape index (κ2) is 6.77. The Labute approximate surface area is 127 Å². The summed E-state index contributed by atoms with van der Waals surface area (Å²) in [4.78, 5) is 11.9. The van der Waals surface area contributed by atoms with E-state index in [9.17, 15) is 4.79 Å². The van der Waals surface area contributed by atoms with E-state index in [-0.39, 0.29) is 11.9 Å². The lowest BCUT2D eigenvalue weighted by Gasteiger charge is -2.12. The molecule has 0 bridgehead atoms. The summed E-state index contributed by atoms with van der Waals surface area (Å²) in [5.41, 5.74) is 1.87. The maximum Gasteiger partial charge on any atom is 0.220 e. The number of aromatic amines is 1. The van der Waals surface area contributed by atoms with E-state index < -0.39 is 0 Å². The van der Waals surface area contributed by atoms with Crippen LogP contribution in [0.1, 0.15) is 30.5 Å². The smallest absolute Gasteiger partial charge is 0.220 e. The van der Waals surface area contributed by atoms with E-state index in [1.807, 2.05) is 13.0 Å². The summed E-state index contributed by atoms with van der Waals surface area (Å²) in [6.07, 6.45) is 4.42. The van der Waals surface area contributed by atoms with Gasteiger partial charge < -0.3 is 5.32 Å². The number of carbonyl (C=O) groups is 1. The molecule has 2 N–H and O–H groups in total. The highest BCUT2D eigenvalue weighted by atomic mass is 35.5. The predicted octanol–water partition coefficient (Wildman–Crippen LogP) is 3.53. The molecule has 0 saturated heterocycles. The molecule has 0 fully saturated rings. The summed E-state index contributed by atoms with van der Waals surface area (Å²) in [7, 11) is 0. The Hall–Kier alpha value is -1.52. The van der Waals surface area contributed by atoms with Gasteiger partial charge in [0.2, 0.25) is 5.91 Å². The van der Waals surface area contributed by atoms with Crippen LogP contribution in [0.4, 0.5) is 0 Å². The molecule has 1 atom stereocenters. The first-order valence-electron chi connectivity index (χ1n) is 6.28. The van der Waals surface area contributed by atoms with Crippen molar-refractivity contribution in [3.8, 4) is 0 Å². The van der Waals surface area contributed by atoms with Gasteiger partial charge in [-0.3, -0.25) is 9.89 Å². The Balaban J connectivity index is 1.86. The standard InChI is InChI=1S/C14H15Cl2N3O/c1-9(11-7-17-18-8-11)19-14(20)5-3-10-2-4-12(15)6-13(10)16/h2,4,6-9H,3,5H2,1H3,(H,17,18)(H,19,20). The van der Waals surface area contributed by atoms with E-state index in [1.54, 1.807) is 24.5 Å². The predicted molar refractivity (Wildman–Crippen MR) is 79.9 cm³/mol. The van der Waals surface area contributed by atoms with Crippen molar-refractivity contribution in [1.29, 1.82) is 0 Å². The van der Waals surface area contributed by atoms with Crippen LogP contribution in [-0.2, 0) is 11.2 Å². The minimum Gasteiger partial charge on any atom is -0.349 e. The minimum atomic E-state index is -0.0676. The van der Waals surface area contributed by atoms with Gasteiger partial charge in [-0.05, 0) is 31.0 Å². The molecule has 1 heterocycles. The maximum atomic E-state index is 11.9. The van der Waals surface area contributed by atoms with Gasteiger partial charge in [0, 0.05) is 28.2 Å². The second-order valence-corrected chi connectivity index (χ2v) is 5.40. The van der Waals surface area contributed by atoms with E-state index in [0.29, 0.717) is 22.9 Å². The molecule has 1 aromatic heterocycles. The number of nitrogens with zero attached hydrogens (tertiary/aromatic N) is 1. The fourth-order valence-electron chi connectivity index (χ4n) is 1.87. The number of aromatic nitrogens is 2. The summed E-state index contributed by atoms with van der Waals surface area (Å²) >= 11 is 11.9. The molecule has 2 aromatic rings. The number of carbonyl (C=O) groups excluding carboxylic acids is 1. The number of amides is 1. The number of hydrogen-bond acceptors (Lipinski definition) is 2. The molecule has 0 radical (unpaired) electrons. The number of hydrogen-bond donors (Lipinski definition) is 2. The molecular formula is C14H15Cl2N3O. The second-order valence-electron chi connectivity index (χ2n) is 4.56. The van der Waals surface area contributed by atoms with E-state index in [2.05, 4.69) is 15.5 Å². The molecule has 2 rings (SSSR count). The fourth-order valence-corrected chi connectivity index (χ4v) is 2.37. The molecular weight excluding hydrogens is 297 g/mol. The van der Waals surface area contributed by atoms with Gasteiger partial charge in [-0.15, -0.1) is 0 Å². The highest BCUT2D eigenvalue weighted by Gasteiger charge is 2.11. The molecule has 20 heavy (non-hydrogen) atoms. The number of rotatable bonds is 5. The molecule has 0 aliphatic heterocycles. The average molecular weight is 312 g/mol. The van der Waals surface area contributed by atoms with Gasteiger partial charge in [-0.25, -0.2) is 0 Å². The first-order valence-corrected chi connectivity index (χ1v) is 7.04. The van der Waals surface area contributed by atoms with Crippen molar-refractivity contribution < 1.29 is 4.79 Å². The highest BCUT2D eigenvalue weighted by Crippen LogP contribution is 2.22. The number of nitrogens with one attached hydrogen (secondary N) is 2. The molecule has 0 saturated carbocycles. The van der Waals surface area contributed by atoms with Crippen molar-refractivity contribution in [3.63, 3.8) is 0 Å². The zero-order chi connectivity index (χ0) is 14.5. The quantitative estimate of drug-likeness (QED) is 0.887. The van der Waals surface area contributed by atoms with Crippen molar-refractivity contribution in [2.75, 3.05) is 0 Å². The van der Waals surface area contributed by atoms with Crippen molar-refractivity contribution in [2.24, 2.45) is 0 Å². The van der Waals surface area contributed by atoms with Gasteiger partial charge in [0.05, 0.1) is 12.2 Å². The molecule has 0 aliphatic rings. The van der Waals surface area contributed by atoms with Crippen LogP contribution in [0.25, 0.3) is 0 Å². The summed E-state index contributed by atoms with van der Waals surface area (Å²) in [6, 6.07) is 5.23. The maximum absolute atomic E-state index is 11.9. The minimum absolute atomic E-state index is 0.0234. The third-order valence-corrected chi connectivity index (χ3v) is 3.62. The molecule has 1 aromatic carbocycles. The lowest BCUT2D eigenvalue weighted by Crippen LogP contribution is -2.26. The largest absolute Gasteiger partial charge is 0.349 e. The molecule has 106 valence electrons. The van der Waals surface area contributed by atoms with Crippen LogP contribution >= 0.6 is 23.2 Å². The summed E-state index contributed by atoms with van der Waals surface area (Å²) in [5, 5.41) is 10.7. The molecule has 1 unspecified atom stereocenters. The Kier molecular flexibility index (Phi) is 5.04. The number of benzene rings is 1. The molecule has 6 heteroatoms. The van der Waals surface area contributed by atoms with E-state index in [0.717, 1.165) is 11.1 Å². The molecule has 1 amide bonds. The van der Waals surface area contributed by atoms with Gasteiger partial charge in [0.25, 0.3) is 0 Å². The lowest BCUT2D eigenvalue weighted by molar-refractivity contribution is -0.121. The third-order valence-electron chi connectivity index (χ3n) is 3.03. The highest BCUT2D eigenvalue weighted by molar-refractivity contribution is 6.35. The Morgan fingerprint density at radius 1 is 1.45 bits per heavy atom. The first-order chi connectivity index (χ1) is 9.56. The van der Waals surface area contributed by atoms with Crippen molar-refractivity contribution in [1.82, 2.24) is 15.5 Å². The summed E-state index contributed by atoms with van der Waals surface area (Å²) in [5.74, 6) is -0.0234. The van der Waals surface area contributed by atoms with Crippen molar-refractivity contribution in [3.05, 3.63) is 51.8 Å². The number of H-pyrrole nitrogens is 1. The van der Waals surface area contributed by atoms with Crippen LogP contribution in [0.2, 0.25) is 10.0 Å². The lowest BCUT2D eigenvalue weighted by atomic mass is 10.1. The molecule has 0 spiro atoms. The van der Waals surface area contributed by atoms with Gasteiger partial charge in [0.15, 0.2) is 0 Å². The first kappa shape index (κ1) is 14.9. The molecule has 4 nitrogen and oxygen atoms in total. The van der Waals surface area contributed by atoms with Gasteiger partial charge in [-0.1, -0.05) is 29.3 Å². The third kappa shape index (κ3) is 3.99. The molecule has 0 aliphatic carbocycles. The normalized spacial score (nSPS) is 12.2. The van der Waals surface area contributed by atoms with Crippen molar-refractivity contribution >= 4 is 29.1 Å². The van der Waals surface area contributed by atoms with E-state index in [4.69, 9.17) is 23.2 Å². The monoisotopic (exact) mass is 311 g/mol. The van der Waals surface area contributed by atoms with Crippen LogP contribution in [-0.4, -0.2) is 16.1 Å². The van der Waals surface area contributed by atoms with Crippen LogP contribution in [0, 0.1) is 0 Å². The van der Waals surface area contributed by atoms with Crippen LogP contribution < -0.4 is 5.32 Å². The van der Waals surface area contributed by atoms with Gasteiger partial charge >= 0.3 is 0 Å². The Morgan fingerprint density at radius 2 is 2.25 bits per heavy atom. The topological polar surface area (TPSA) is 57.8 Å². The SMILES string of the molecule is CC(NC(=O)CCc1ccc(Cl)cc1Cl)c1cn[nH]c1. The van der Waals surface area contributed by atoms with Crippen LogP contribution in [0.5, 0.6) is 0 Å².